The Morgan fingerprint density at radius 1 is 1.06 bits per heavy atom. The van der Waals surface area contributed by atoms with Crippen LogP contribution in [-0.4, -0.2) is 78.9 Å². The average molecular weight is 667 g/mol. The zero-order valence-electron chi connectivity index (χ0n) is 25.7. The molecular weight excluding hydrogens is 631 g/mol. The Bertz CT molecular complexity index is 1560. The second-order valence-electron chi connectivity index (χ2n) is 11.9. The van der Waals surface area contributed by atoms with Crippen LogP contribution in [-0.2, 0) is 26.0 Å². The molecule has 4 amide bonds. The van der Waals surface area contributed by atoms with Crippen molar-refractivity contribution >= 4 is 18.0 Å². The predicted octanol–water partition coefficient (Wildman–Crippen LogP) is 4.74. The quantitative estimate of drug-likeness (QED) is 0.289. The molecule has 0 radical (unpaired) electrons. The number of carbonyl (C=O) groups excluding carboxylic acids is 3. The maximum Gasteiger partial charge on any atom is 0.416 e. The lowest BCUT2D eigenvalue weighted by Gasteiger charge is -2.41. The molecule has 2 atom stereocenters. The molecule has 3 aliphatic rings. The molecule has 15 heteroatoms. The van der Waals surface area contributed by atoms with Crippen LogP contribution < -0.4 is 10.6 Å². The first-order valence-electron chi connectivity index (χ1n) is 15.1. The molecule has 2 heterocycles. The third-order valence-electron chi connectivity index (χ3n) is 9.09. The summed E-state index contributed by atoms with van der Waals surface area (Å²) in [6.07, 6.45) is -3.04. The number of hydrogen-bond acceptors (Lipinski definition) is 7. The third-order valence-corrected chi connectivity index (χ3v) is 9.09. The summed E-state index contributed by atoms with van der Waals surface area (Å²) >= 11 is 0. The van der Waals surface area contributed by atoms with E-state index >= 15 is 0 Å². The number of benzene rings is 2. The minimum absolute atomic E-state index is 0.00899. The van der Waals surface area contributed by atoms with Crippen LogP contribution in [0.25, 0.3) is 0 Å². The fourth-order valence-corrected chi connectivity index (χ4v) is 6.81. The van der Waals surface area contributed by atoms with Gasteiger partial charge in [0.25, 0.3) is 0 Å². The number of nitrogens with one attached hydrogen (secondary N) is 2. The van der Waals surface area contributed by atoms with Crippen molar-refractivity contribution < 1.29 is 50.9 Å². The van der Waals surface area contributed by atoms with Gasteiger partial charge in [0.2, 0.25) is 0 Å². The van der Waals surface area contributed by atoms with E-state index in [1.165, 1.54) is 25.3 Å². The van der Waals surface area contributed by atoms with Gasteiger partial charge in [0.1, 0.15) is 6.04 Å². The first-order valence-corrected chi connectivity index (χ1v) is 15.1. The van der Waals surface area contributed by atoms with E-state index in [1.54, 1.807) is 0 Å². The molecule has 2 aromatic rings. The predicted molar refractivity (Wildman–Crippen MR) is 156 cm³/mol. The minimum Gasteiger partial charge on any atom is -0.466 e. The fraction of sp³-hybridized carbons (Fsp3) is 0.469. The van der Waals surface area contributed by atoms with Gasteiger partial charge in [-0.15, -0.1) is 0 Å². The van der Waals surface area contributed by atoms with Crippen LogP contribution in [0.3, 0.4) is 0 Å². The summed E-state index contributed by atoms with van der Waals surface area (Å²) in [4.78, 5) is 42.7. The van der Waals surface area contributed by atoms with Crippen LogP contribution in [0.15, 0.2) is 53.7 Å². The lowest BCUT2D eigenvalue weighted by atomic mass is 9.75. The number of urea groups is 2. The van der Waals surface area contributed by atoms with Crippen LogP contribution in [0.1, 0.15) is 54.8 Å². The van der Waals surface area contributed by atoms with Crippen molar-refractivity contribution in [1.29, 1.82) is 0 Å². The van der Waals surface area contributed by atoms with Crippen molar-refractivity contribution in [3.63, 3.8) is 0 Å². The average Bonchev–Trinajstić information content (AvgIpc) is 3.50. The molecule has 3 N–H and O–H groups in total. The largest absolute Gasteiger partial charge is 0.466 e. The van der Waals surface area contributed by atoms with Crippen molar-refractivity contribution in [1.82, 2.24) is 20.4 Å². The molecule has 1 saturated carbocycles. The van der Waals surface area contributed by atoms with E-state index < -0.39 is 59.1 Å². The van der Waals surface area contributed by atoms with E-state index in [0.717, 1.165) is 31.4 Å². The molecule has 2 aromatic carbocycles. The van der Waals surface area contributed by atoms with Crippen molar-refractivity contribution in [2.75, 3.05) is 33.9 Å². The van der Waals surface area contributed by atoms with Gasteiger partial charge < -0.3 is 25.2 Å². The number of methoxy groups -OCH3 is 2. The molecule has 5 rings (SSSR count). The Hall–Kier alpha value is -4.08. The Balaban J connectivity index is 1.31. The zero-order valence-corrected chi connectivity index (χ0v) is 25.7. The van der Waals surface area contributed by atoms with Crippen molar-refractivity contribution in [3.05, 3.63) is 82.1 Å². The van der Waals surface area contributed by atoms with Crippen molar-refractivity contribution in [2.24, 2.45) is 0 Å². The molecular formula is C32H35F5N4O6. The van der Waals surface area contributed by atoms with Gasteiger partial charge in [-0.05, 0) is 61.4 Å². The molecule has 0 bridgehead atoms. The first-order chi connectivity index (χ1) is 22.3. The highest BCUT2D eigenvalue weighted by Crippen LogP contribution is 2.44. The van der Waals surface area contributed by atoms with Gasteiger partial charge in [-0.25, -0.2) is 28.1 Å². The summed E-state index contributed by atoms with van der Waals surface area (Å²) in [6.45, 7) is 0.646. The van der Waals surface area contributed by atoms with Crippen LogP contribution >= 0.6 is 0 Å². The van der Waals surface area contributed by atoms with Crippen LogP contribution in [0.4, 0.5) is 31.5 Å². The van der Waals surface area contributed by atoms with E-state index in [-0.39, 0.29) is 47.9 Å². The number of carbonyl (C=O) groups is 3. The van der Waals surface area contributed by atoms with Gasteiger partial charge in [-0.2, -0.15) is 13.2 Å². The fourth-order valence-electron chi connectivity index (χ4n) is 6.81. The second kappa shape index (κ2) is 13.6. The lowest BCUT2D eigenvalue weighted by Crippen LogP contribution is -2.57. The van der Waals surface area contributed by atoms with Gasteiger partial charge in [0, 0.05) is 32.3 Å². The van der Waals surface area contributed by atoms with E-state index in [2.05, 4.69) is 15.5 Å². The van der Waals surface area contributed by atoms with Gasteiger partial charge in [-0.1, -0.05) is 24.3 Å². The summed E-state index contributed by atoms with van der Waals surface area (Å²) in [7, 11) is 2.41. The molecule has 1 aliphatic carbocycles. The van der Waals surface area contributed by atoms with Crippen LogP contribution in [0, 0.1) is 11.6 Å². The topological polar surface area (TPSA) is 120 Å². The molecule has 2 fully saturated rings. The smallest absolute Gasteiger partial charge is 0.416 e. The molecule has 1 unspecified atom stereocenters. The number of likely N-dealkylation sites (tertiary alicyclic amines) is 1. The summed E-state index contributed by atoms with van der Waals surface area (Å²) in [5.74, 6) is -3.34. The number of nitrogens with zero attached hydrogens (tertiary/aromatic N) is 2. The number of aliphatic hydroxyl groups is 1. The SMILES string of the molecule is COCC1=C(C(=O)OC)[C@H](c2ccc(F)c(F)c2)N(C(=O)NC2CCN(C3CCC(O)(c4ccccc4C(F)(F)F)CC3)C2)C(=O)N1. The molecule has 10 nitrogen and oxygen atoms in total. The van der Waals surface area contributed by atoms with Gasteiger partial charge in [-0.3, -0.25) is 4.90 Å². The summed E-state index contributed by atoms with van der Waals surface area (Å²) in [5, 5.41) is 16.5. The normalized spacial score (nSPS) is 25.5. The summed E-state index contributed by atoms with van der Waals surface area (Å²) in [6, 6.07) is 3.98. The number of alkyl halides is 3. The molecule has 47 heavy (non-hydrogen) atoms. The number of halogens is 5. The van der Waals surface area contributed by atoms with Crippen LogP contribution in [0.2, 0.25) is 0 Å². The van der Waals surface area contributed by atoms with E-state index in [9.17, 15) is 41.4 Å². The van der Waals surface area contributed by atoms with E-state index in [0.29, 0.717) is 37.3 Å². The second-order valence-corrected chi connectivity index (χ2v) is 11.9. The van der Waals surface area contributed by atoms with Gasteiger partial charge >= 0.3 is 24.2 Å². The summed E-state index contributed by atoms with van der Waals surface area (Å²) in [5.41, 5.74) is -2.89. The highest BCUT2D eigenvalue weighted by atomic mass is 19.4. The first kappa shape index (κ1) is 34.3. The van der Waals surface area contributed by atoms with Gasteiger partial charge in [0.05, 0.1) is 36.2 Å². The highest BCUT2D eigenvalue weighted by molar-refractivity contribution is 6.01. The lowest BCUT2D eigenvalue weighted by molar-refractivity contribution is -0.142. The molecule has 0 spiro atoms. The number of hydrogen-bond donors (Lipinski definition) is 3. The Morgan fingerprint density at radius 2 is 1.77 bits per heavy atom. The maximum atomic E-state index is 14.4. The standard InChI is InChI=1S/C32H35F5N4O6/c1-46-17-25-26(28(42)47-2)27(18-7-8-23(33)24(34)15-18)41(30(44)39-25)29(43)38-19-11-14-40(16-19)20-9-12-31(45,13-10-20)21-5-3-4-6-22(21)32(35,36)37/h3-8,15,19-20,27,45H,9-14,16-17H2,1-2H3,(H,38,43)(H,39,44)/t19?,20?,27-,31?/m0/s1. The van der Waals surface area contributed by atoms with Crippen LogP contribution in [0.5, 0.6) is 0 Å². The Labute approximate surface area is 267 Å². The number of ether oxygens (including phenoxy) is 2. The monoisotopic (exact) mass is 666 g/mol. The molecule has 254 valence electrons. The molecule has 1 saturated heterocycles. The van der Waals surface area contributed by atoms with E-state index in [1.807, 2.05) is 0 Å². The third kappa shape index (κ3) is 6.97. The minimum atomic E-state index is -4.60. The van der Waals surface area contributed by atoms with Gasteiger partial charge in [0.15, 0.2) is 11.6 Å². The Kier molecular flexibility index (Phi) is 9.89. The number of imide groups is 1. The van der Waals surface area contributed by atoms with Crippen molar-refractivity contribution in [2.45, 2.75) is 62.0 Å². The molecule has 0 aromatic heterocycles. The number of rotatable bonds is 7. The highest BCUT2D eigenvalue weighted by Gasteiger charge is 2.46. The maximum absolute atomic E-state index is 14.4. The zero-order chi connectivity index (χ0) is 34.1. The van der Waals surface area contributed by atoms with Crippen molar-refractivity contribution in [3.8, 4) is 0 Å². The number of amides is 4. The van der Waals surface area contributed by atoms with E-state index in [4.69, 9.17) is 9.47 Å². The Morgan fingerprint density at radius 3 is 2.40 bits per heavy atom. The summed E-state index contributed by atoms with van der Waals surface area (Å²) < 4.78 is 79.1. The molecule has 2 aliphatic heterocycles. The number of esters is 1.